The summed E-state index contributed by atoms with van der Waals surface area (Å²) in [5.41, 5.74) is 4.59. The molecule has 3 aromatic rings. The Morgan fingerprint density at radius 3 is 2.46 bits per heavy atom. The van der Waals surface area contributed by atoms with E-state index in [4.69, 9.17) is 0 Å². The Balaban J connectivity index is 1.66. The summed E-state index contributed by atoms with van der Waals surface area (Å²) in [7, 11) is 0. The van der Waals surface area contributed by atoms with E-state index in [9.17, 15) is 9.59 Å². The van der Waals surface area contributed by atoms with Gasteiger partial charge < -0.3 is 5.32 Å². The minimum atomic E-state index is -0.310. The van der Waals surface area contributed by atoms with Gasteiger partial charge in [-0.25, -0.2) is 5.43 Å². The Labute approximate surface area is 151 Å². The Bertz CT molecular complexity index is 957. The van der Waals surface area contributed by atoms with Crippen molar-refractivity contribution in [2.24, 2.45) is 5.10 Å². The third-order valence-corrected chi connectivity index (χ3v) is 3.95. The predicted octanol–water partition coefficient (Wildman–Crippen LogP) is 3.95. The summed E-state index contributed by atoms with van der Waals surface area (Å²) >= 11 is 0. The highest BCUT2D eigenvalue weighted by Gasteiger charge is 2.05. The third-order valence-electron chi connectivity index (χ3n) is 3.95. The maximum atomic E-state index is 12.2. The van der Waals surface area contributed by atoms with Crippen molar-refractivity contribution < 1.29 is 9.59 Å². The van der Waals surface area contributed by atoms with Gasteiger partial charge in [-0.2, -0.15) is 5.10 Å². The highest BCUT2D eigenvalue weighted by molar-refractivity contribution is 6.01. The number of carbonyl (C=O) groups excluding carboxylic acids is 2. The number of anilines is 1. The Morgan fingerprint density at radius 2 is 1.69 bits per heavy atom. The number of nitrogens with one attached hydrogen (secondary N) is 2. The first-order chi connectivity index (χ1) is 12.7. The molecule has 0 aliphatic rings. The number of carbonyl (C=O) groups is 2. The quantitative estimate of drug-likeness (QED) is 0.543. The molecule has 130 valence electrons. The van der Waals surface area contributed by atoms with E-state index in [1.807, 2.05) is 42.5 Å². The molecular formula is C21H19N3O2. The van der Waals surface area contributed by atoms with Gasteiger partial charge in [-0.15, -0.1) is 0 Å². The number of benzene rings is 3. The number of fused-ring (bicyclic) bond motifs is 1. The lowest BCUT2D eigenvalue weighted by molar-refractivity contribution is -0.115. The zero-order chi connectivity index (χ0) is 18.4. The molecular weight excluding hydrogens is 326 g/mol. The zero-order valence-corrected chi connectivity index (χ0v) is 14.4. The van der Waals surface area contributed by atoms with E-state index in [2.05, 4.69) is 15.8 Å². The molecule has 0 spiro atoms. The summed E-state index contributed by atoms with van der Waals surface area (Å²) < 4.78 is 0. The molecule has 26 heavy (non-hydrogen) atoms. The number of nitrogens with zero attached hydrogens (tertiary/aromatic N) is 1. The van der Waals surface area contributed by atoms with E-state index in [0.717, 1.165) is 16.3 Å². The van der Waals surface area contributed by atoms with Gasteiger partial charge in [-0.3, -0.25) is 9.59 Å². The van der Waals surface area contributed by atoms with Crippen molar-refractivity contribution >= 4 is 34.5 Å². The molecule has 3 rings (SSSR count). The maximum Gasteiger partial charge on any atom is 0.271 e. The number of hydrazone groups is 1. The van der Waals surface area contributed by atoms with Gasteiger partial charge in [0.1, 0.15) is 0 Å². The normalized spacial score (nSPS) is 10.8. The molecule has 0 saturated heterocycles. The second kappa shape index (κ2) is 8.07. The second-order valence-corrected chi connectivity index (χ2v) is 5.75. The lowest BCUT2D eigenvalue weighted by Gasteiger charge is -2.05. The molecule has 0 fully saturated rings. The first kappa shape index (κ1) is 17.4. The van der Waals surface area contributed by atoms with Crippen molar-refractivity contribution in [3.05, 3.63) is 77.9 Å². The molecule has 2 N–H and O–H groups in total. The van der Waals surface area contributed by atoms with Crippen molar-refractivity contribution in [2.45, 2.75) is 13.3 Å². The van der Waals surface area contributed by atoms with Crippen molar-refractivity contribution in [2.75, 3.05) is 5.32 Å². The van der Waals surface area contributed by atoms with Gasteiger partial charge in [0, 0.05) is 23.2 Å². The fourth-order valence-electron chi connectivity index (χ4n) is 2.54. The van der Waals surface area contributed by atoms with Crippen LogP contribution >= 0.6 is 0 Å². The number of rotatable bonds is 5. The van der Waals surface area contributed by atoms with Crippen molar-refractivity contribution in [1.82, 2.24) is 5.43 Å². The first-order valence-corrected chi connectivity index (χ1v) is 8.38. The summed E-state index contributed by atoms with van der Waals surface area (Å²) in [6, 6.07) is 20.6. The van der Waals surface area contributed by atoms with Gasteiger partial charge in [0.05, 0.1) is 6.21 Å². The molecule has 3 aromatic carbocycles. The lowest BCUT2D eigenvalue weighted by atomic mass is 10.1. The van der Waals surface area contributed by atoms with Crippen LogP contribution in [-0.2, 0) is 4.79 Å². The molecule has 5 heteroatoms. The summed E-state index contributed by atoms with van der Waals surface area (Å²) in [5, 5.41) is 8.99. The smallest absolute Gasteiger partial charge is 0.271 e. The predicted molar refractivity (Wildman–Crippen MR) is 104 cm³/mol. The second-order valence-electron chi connectivity index (χ2n) is 5.75. The van der Waals surface area contributed by atoms with Crippen molar-refractivity contribution in [3.8, 4) is 0 Å². The zero-order valence-electron chi connectivity index (χ0n) is 14.4. The Kier molecular flexibility index (Phi) is 5.39. The largest absolute Gasteiger partial charge is 0.326 e. The molecule has 0 aliphatic heterocycles. The molecule has 5 nitrogen and oxygen atoms in total. The standard InChI is InChI=1S/C21H19N3O2/c1-2-20(25)23-18-12-10-16(11-13-18)21(26)24-22-14-17-8-5-7-15-6-3-4-9-19(15)17/h3-14H,2H2,1H3,(H,23,25)(H,24,26)/b22-14-. The third kappa shape index (κ3) is 4.13. The van der Waals surface area contributed by atoms with Crippen LogP contribution in [0.3, 0.4) is 0 Å². The SMILES string of the molecule is CCC(=O)Nc1ccc(C(=O)N/N=C\c2cccc3ccccc23)cc1. The first-order valence-electron chi connectivity index (χ1n) is 8.38. The number of hydrogen-bond acceptors (Lipinski definition) is 3. The topological polar surface area (TPSA) is 70.6 Å². The van der Waals surface area contributed by atoms with E-state index >= 15 is 0 Å². The number of amides is 2. The van der Waals surface area contributed by atoms with E-state index in [-0.39, 0.29) is 11.8 Å². The Hall–Kier alpha value is -3.47. The van der Waals surface area contributed by atoms with E-state index < -0.39 is 0 Å². The van der Waals surface area contributed by atoms with Crippen LogP contribution in [0.2, 0.25) is 0 Å². The van der Waals surface area contributed by atoms with Gasteiger partial charge in [0.2, 0.25) is 5.91 Å². The fraction of sp³-hybridized carbons (Fsp3) is 0.0952. The van der Waals surface area contributed by atoms with E-state index in [1.54, 1.807) is 37.4 Å². The Morgan fingerprint density at radius 1 is 0.962 bits per heavy atom. The highest BCUT2D eigenvalue weighted by atomic mass is 16.2. The molecule has 0 radical (unpaired) electrons. The van der Waals surface area contributed by atoms with Crippen LogP contribution in [-0.4, -0.2) is 18.0 Å². The fourth-order valence-corrected chi connectivity index (χ4v) is 2.54. The summed E-state index contributed by atoms with van der Waals surface area (Å²) in [4.78, 5) is 23.5. The molecule has 0 aromatic heterocycles. The molecule has 0 unspecified atom stereocenters. The molecule has 0 aliphatic carbocycles. The van der Waals surface area contributed by atoms with Crippen LogP contribution in [0.4, 0.5) is 5.69 Å². The highest BCUT2D eigenvalue weighted by Crippen LogP contribution is 2.16. The van der Waals surface area contributed by atoms with Gasteiger partial charge in [-0.05, 0) is 35.0 Å². The van der Waals surface area contributed by atoms with Crippen molar-refractivity contribution in [3.63, 3.8) is 0 Å². The molecule has 0 heterocycles. The van der Waals surface area contributed by atoms with Gasteiger partial charge in [0.25, 0.3) is 5.91 Å². The van der Waals surface area contributed by atoms with Crippen LogP contribution in [0, 0.1) is 0 Å². The van der Waals surface area contributed by atoms with Crippen LogP contribution in [0.25, 0.3) is 10.8 Å². The van der Waals surface area contributed by atoms with Crippen molar-refractivity contribution in [1.29, 1.82) is 0 Å². The summed E-state index contributed by atoms with van der Waals surface area (Å²) in [6.45, 7) is 1.78. The van der Waals surface area contributed by atoms with Gasteiger partial charge in [0.15, 0.2) is 0 Å². The summed E-state index contributed by atoms with van der Waals surface area (Å²) in [6.07, 6.45) is 2.04. The van der Waals surface area contributed by atoms with Crippen LogP contribution in [0.1, 0.15) is 29.3 Å². The average molecular weight is 345 g/mol. The molecule has 0 saturated carbocycles. The summed E-state index contributed by atoms with van der Waals surface area (Å²) in [5.74, 6) is -0.378. The van der Waals surface area contributed by atoms with E-state index in [0.29, 0.717) is 17.7 Å². The number of hydrogen-bond donors (Lipinski definition) is 2. The molecule has 0 bridgehead atoms. The molecule has 0 atom stereocenters. The lowest BCUT2D eigenvalue weighted by Crippen LogP contribution is -2.17. The monoisotopic (exact) mass is 345 g/mol. The average Bonchev–Trinajstić information content (AvgIpc) is 2.68. The minimum Gasteiger partial charge on any atom is -0.326 e. The van der Waals surface area contributed by atoms with Gasteiger partial charge in [-0.1, -0.05) is 49.4 Å². The van der Waals surface area contributed by atoms with E-state index in [1.165, 1.54) is 0 Å². The maximum absolute atomic E-state index is 12.2. The minimum absolute atomic E-state index is 0.0677. The van der Waals surface area contributed by atoms with Crippen LogP contribution < -0.4 is 10.7 Å². The van der Waals surface area contributed by atoms with Gasteiger partial charge >= 0.3 is 0 Å². The molecule has 2 amide bonds. The van der Waals surface area contributed by atoms with Crippen LogP contribution in [0.15, 0.2) is 71.8 Å². The van der Waals surface area contributed by atoms with Crippen LogP contribution in [0.5, 0.6) is 0 Å².